The van der Waals surface area contributed by atoms with Crippen molar-refractivity contribution in [1.29, 1.82) is 0 Å². The molecule has 19 heavy (non-hydrogen) atoms. The fourth-order valence-electron chi connectivity index (χ4n) is 2.15. The van der Waals surface area contributed by atoms with Crippen LogP contribution in [-0.2, 0) is 0 Å². The van der Waals surface area contributed by atoms with Gasteiger partial charge in [-0.05, 0) is 37.9 Å². The number of alkyl halides is 3. The fourth-order valence-corrected chi connectivity index (χ4v) is 4.37. The van der Waals surface area contributed by atoms with E-state index in [1.807, 2.05) is 4.90 Å². The number of hydrogen-bond acceptors (Lipinski definition) is 3. The summed E-state index contributed by atoms with van der Waals surface area (Å²) in [5.74, 6) is 0. The van der Waals surface area contributed by atoms with Crippen LogP contribution in [0.4, 0.5) is 13.2 Å². The van der Waals surface area contributed by atoms with E-state index in [1.165, 1.54) is 11.3 Å². The average molecular weight is 422 g/mol. The quantitative estimate of drug-likeness (QED) is 0.787. The van der Waals surface area contributed by atoms with Gasteiger partial charge < -0.3 is 5.32 Å². The smallest absolute Gasteiger partial charge is 0.314 e. The highest BCUT2D eigenvalue weighted by Crippen LogP contribution is 2.41. The first kappa shape index (κ1) is 15.8. The summed E-state index contributed by atoms with van der Waals surface area (Å²) in [6, 6.07) is 1.20. The summed E-state index contributed by atoms with van der Waals surface area (Å²) < 4.78 is 40.0. The molecule has 1 fully saturated rings. The maximum absolute atomic E-state index is 12.8. The van der Waals surface area contributed by atoms with Gasteiger partial charge in [0.15, 0.2) is 0 Å². The maximum Gasteiger partial charge on any atom is 0.390 e. The Hall–Kier alpha value is 0.370. The summed E-state index contributed by atoms with van der Waals surface area (Å²) in [6.07, 6.45) is -4.95. The van der Waals surface area contributed by atoms with Crippen LogP contribution in [-0.4, -0.2) is 37.3 Å². The van der Waals surface area contributed by atoms with Crippen molar-refractivity contribution < 1.29 is 13.2 Å². The van der Waals surface area contributed by atoms with Crippen molar-refractivity contribution in [2.75, 3.05) is 26.2 Å². The highest BCUT2D eigenvalue weighted by molar-refractivity contribution is 9.13. The van der Waals surface area contributed by atoms with Gasteiger partial charge in [-0.15, -0.1) is 11.3 Å². The van der Waals surface area contributed by atoms with Gasteiger partial charge in [0, 0.05) is 35.5 Å². The lowest BCUT2D eigenvalue weighted by atomic mass is 10.1. The molecule has 0 saturated carbocycles. The van der Waals surface area contributed by atoms with E-state index in [4.69, 9.17) is 0 Å². The molecule has 0 aliphatic carbocycles. The van der Waals surface area contributed by atoms with Crippen LogP contribution in [0, 0.1) is 0 Å². The van der Waals surface area contributed by atoms with Crippen molar-refractivity contribution in [3.63, 3.8) is 0 Å². The number of rotatable bonds is 3. The predicted molar refractivity (Wildman–Crippen MR) is 77.6 cm³/mol. The van der Waals surface area contributed by atoms with Crippen LogP contribution < -0.4 is 5.32 Å². The maximum atomic E-state index is 12.8. The molecule has 2 nitrogen and oxygen atoms in total. The van der Waals surface area contributed by atoms with Gasteiger partial charge in [-0.25, -0.2) is 0 Å². The molecule has 1 aliphatic rings. The third-order valence-corrected chi connectivity index (χ3v) is 6.37. The minimum Gasteiger partial charge on any atom is -0.314 e. The Morgan fingerprint density at radius 2 is 1.95 bits per heavy atom. The van der Waals surface area contributed by atoms with Gasteiger partial charge in [-0.2, -0.15) is 13.2 Å². The Bertz CT molecular complexity index is 411. The number of piperazine rings is 1. The number of hydrogen-bond donors (Lipinski definition) is 1. The van der Waals surface area contributed by atoms with Crippen molar-refractivity contribution in [2.24, 2.45) is 0 Å². The molecule has 0 bridgehead atoms. The van der Waals surface area contributed by atoms with E-state index in [1.54, 1.807) is 6.07 Å². The van der Waals surface area contributed by atoms with Crippen LogP contribution in [0.3, 0.4) is 0 Å². The van der Waals surface area contributed by atoms with Crippen LogP contribution in [0.15, 0.2) is 14.3 Å². The SMILES string of the molecule is FC(F)(F)C[C@@H](c1cc(Br)c(Br)s1)N1CCNCC1. The Morgan fingerprint density at radius 1 is 1.32 bits per heavy atom. The molecule has 2 rings (SSSR count). The van der Waals surface area contributed by atoms with E-state index in [0.29, 0.717) is 13.1 Å². The van der Waals surface area contributed by atoms with Crippen LogP contribution in [0.2, 0.25) is 0 Å². The highest BCUT2D eigenvalue weighted by Gasteiger charge is 2.36. The third-order valence-electron chi connectivity index (χ3n) is 3.01. The van der Waals surface area contributed by atoms with Crippen LogP contribution in [0.5, 0.6) is 0 Å². The second kappa shape index (κ2) is 6.43. The standard InChI is InChI=1S/C11H13Br2F3N2S/c12-7-5-9(19-10(7)13)8(6-11(14,15)16)18-3-1-17-2-4-18/h5,8,17H,1-4,6H2/t8-/m0/s1. The average Bonchev–Trinajstić information content (AvgIpc) is 2.66. The lowest BCUT2D eigenvalue weighted by Crippen LogP contribution is -2.45. The van der Waals surface area contributed by atoms with Crippen LogP contribution in [0.25, 0.3) is 0 Å². The summed E-state index contributed by atoms with van der Waals surface area (Å²) in [4.78, 5) is 2.66. The van der Waals surface area contributed by atoms with Crippen molar-refractivity contribution >= 4 is 43.2 Å². The lowest BCUT2D eigenvalue weighted by molar-refractivity contribution is -0.148. The van der Waals surface area contributed by atoms with E-state index in [9.17, 15) is 13.2 Å². The van der Waals surface area contributed by atoms with E-state index < -0.39 is 18.6 Å². The number of nitrogens with one attached hydrogen (secondary N) is 1. The van der Waals surface area contributed by atoms with Crippen LogP contribution >= 0.6 is 43.2 Å². The van der Waals surface area contributed by atoms with Gasteiger partial charge in [-0.3, -0.25) is 4.90 Å². The fraction of sp³-hybridized carbons (Fsp3) is 0.636. The molecular weight excluding hydrogens is 409 g/mol. The van der Waals surface area contributed by atoms with E-state index in [2.05, 4.69) is 37.2 Å². The molecule has 1 aromatic heterocycles. The Balaban J connectivity index is 2.22. The topological polar surface area (TPSA) is 15.3 Å². The predicted octanol–water partition coefficient (Wildman–Crippen LogP) is 4.17. The van der Waals surface area contributed by atoms with Crippen molar-refractivity contribution in [2.45, 2.75) is 18.6 Å². The molecule has 2 heterocycles. The molecule has 1 atom stereocenters. The molecule has 0 unspecified atom stereocenters. The molecule has 1 aliphatic heterocycles. The molecule has 0 aromatic carbocycles. The normalized spacial score (nSPS) is 19.6. The molecule has 0 radical (unpaired) electrons. The summed E-state index contributed by atoms with van der Waals surface area (Å²) >= 11 is 8.05. The molecular formula is C11H13Br2F3N2S. The van der Waals surface area contributed by atoms with Gasteiger partial charge in [0.05, 0.1) is 16.2 Å². The van der Waals surface area contributed by atoms with E-state index in [-0.39, 0.29) is 0 Å². The first-order chi connectivity index (χ1) is 8.87. The Kier molecular flexibility index (Phi) is 5.33. The molecule has 1 N–H and O–H groups in total. The second-order valence-electron chi connectivity index (χ2n) is 4.39. The summed E-state index contributed by atoms with van der Waals surface area (Å²) in [5.41, 5.74) is 0. The first-order valence-corrected chi connectivity index (χ1v) is 8.23. The van der Waals surface area contributed by atoms with Gasteiger partial charge >= 0.3 is 6.18 Å². The molecule has 108 valence electrons. The Morgan fingerprint density at radius 3 is 2.42 bits per heavy atom. The molecule has 8 heteroatoms. The monoisotopic (exact) mass is 420 g/mol. The zero-order chi connectivity index (χ0) is 14.0. The Labute approximate surface area is 130 Å². The van der Waals surface area contributed by atoms with Crippen LogP contribution in [0.1, 0.15) is 17.3 Å². The third kappa shape index (κ3) is 4.42. The summed E-state index contributed by atoms with van der Waals surface area (Å²) in [5, 5.41) is 3.16. The summed E-state index contributed by atoms with van der Waals surface area (Å²) in [6.45, 7) is 2.77. The van der Waals surface area contributed by atoms with Crippen molar-refractivity contribution in [3.05, 3.63) is 19.2 Å². The van der Waals surface area contributed by atoms with Crippen molar-refractivity contribution in [3.8, 4) is 0 Å². The van der Waals surface area contributed by atoms with Gasteiger partial charge in [0.25, 0.3) is 0 Å². The summed E-state index contributed by atoms with van der Waals surface area (Å²) in [7, 11) is 0. The zero-order valence-electron chi connectivity index (χ0n) is 9.94. The number of nitrogens with zero attached hydrogens (tertiary/aromatic N) is 1. The van der Waals surface area contributed by atoms with Gasteiger partial charge in [0.1, 0.15) is 0 Å². The molecule has 1 saturated heterocycles. The largest absolute Gasteiger partial charge is 0.390 e. The minimum absolute atomic E-state index is 0.588. The van der Waals surface area contributed by atoms with Gasteiger partial charge in [0.2, 0.25) is 0 Å². The molecule has 0 spiro atoms. The van der Waals surface area contributed by atoms with Crippen molar-refractivity contribution in [1.82, 2.24) is 10.2 Å². The molecule has 1 aromatic rings. The lowest BCUT2D eigenvalue weighted by Gasteiger charge is -2.34. The number of halogens is 5. The van der Waals surface area contributed by atoms with E-state index in [0.717, 1.165) is 26.2 Å². The minimum atomic E-state index is -4.15. The zero-order valence-corrected chi connectivity index (χ0v) is 13.9. The first-order valence-electron chi connectivity index (χ1n) is 5.83. The van der Waals surface area contributed by atoms with E-state index >= 15 is 0 Å². The number of thiophene rings is 1. The highest BCUT2D eigenvalue weighted by atomic mass is 79.9. The second-order valence-corrected chi connectivity index (χ2v) is 7.65. The molecule has 0 amide bonds. The van der Waals surface area contributed by atoms with Gasteiger partial charge in [-0.1, -0.05) is 0 Å².